The van der Waals surface area contributed by atoms with Gasteiger partial charge in [-0.2, -0.15) is 11.8 Å². The highest BCUT2D eigenvalue weighted by Crippen LogP contribution is 2.21. The van der Waals surface area contributed by atoms with Crippen molar-refractivity contribution in [3.8, 4) is 0 Å². The molecular formula is C16H31IN4OS. The summed E-state index contributed by atoms with van der Waals surface area (Å²) in [5.74, 6) is 2.41. The molecule has 1 atom stereocenters. The summed E-state index contributed by atoms with van der Waals surface area (Å²) in [4.78, 5) is 21.1. The van der Waals surface area contributed by atoms with E-state index in [1.807, 2.05) is 4.90 Å². The summed E-state index contributed by atoms with van der Waals surface area (Å²) in [6.07, 6.45) is 4.05. The van der Waals surface area contributed by atoms with E-state index in [2.05, 4.69) is 35.8 Å². The van der Waals surface area contributed by atoms with Crippen LogP contribution in [0.2, 0.25) is 0 Å². The Labute approximate surface area is 162 Å². The van der Waals surface area contributed by atoms with Gasteiger partial charge in [-0.05, 0) is 26.2 Å². The second-order valence-electron chi connectivity index (χ2n) is 5.92. The first-order chi connectivity index (χ1) is 10.7. The van der Waals surface area contributed by atoms with Crippen LogP contribution >= 0.6 is 35.7 Å². The fraction of sp³-hybridized carbons (Fsp3) is 0.875. The van der Waals surface area contributed by atoms with Crippen molar-refractivity contribution in [2.75, 3.05) is 45.0 Å². The normalized spacial score (nSPS) is 22.0. The number of hydrogen-bond acceptors (Lipinski definition) is 3. The van der Waals surface area contributed by atoms with E-state index in [1.165, 1.54) is 6.42 Å². The first-order valence-electron chi connectivity index (χ1n) is 8.67. The van der Waals surface area contributed by atoms with Crippen LogP contribution in [0.5, 0.6) is 0 Å². The van der Waals surface area contributed by atoms with Crippen molar-refractivity contribution in [3.63, 3.8) is 0 Å². The van der Waals surface area contributed by atoms with E-state index in [0.717, 1.165) is 57.3 Å². The zero-order valence-corrected chi connectivity index (χ0v) is 17.6. The summed E-state index contributed by atoms with van der Waals surface area (Å²) in [6, 6.07) is 0. The third-order valence-electron chi connectivity index (χ3n) is 4.27. The maximum absolute atomic E-state index is 12.1. The van der Waals surface area contributed by atoms with Crippen LogP contribution in [0.1, 0.15) is 39.5 Å². The lowest BCUT2D eigenvalue weighted by atomic mass is 10.3. The summed E-state index contributed by atoms with van der Waals surface area (Å²) >= 11 is 2.06. The van der Waals surface area contributed by atoms with Crippen LogP contribution in [-0.4, -0.2) is 71.9 Å². The zero-order valence-electron chi connectivity index (χ0n) is 14.4. The molecule has 0 aromatic heterocycles. The molecule has 2 fully saturated rings. The summed E-state index contributed by atoms with van der Waals surface area (Å²) in [5, 5.41) is 4.08. The van der Waals surface area contributed by atoms with E-state index in [-0.39, 0.29) is 29.9 Å². The van der Waals surface area contributed by atoms with Crippen LogP contribution < -0.4 is 5.32 Å². The van der Waals surface area contributed by atoms with Crippen LogP contribution in [0.15, 0.2) is 4.99 Å². The fourth-order valence-corrected chi connectivity index (χ4v) is 4.15. The lowest BCUT2D eigenvalue weighted by Crippen LogP contribution is -2.48. The third kappa shape index (κ3) is 6.68. The minimum Gasteiger partial charge on any atom is -0.357 e. The molecule has 1 N–H and O–H groups in total. The van der Waals surface area contributed by atoms with Crippen LogP contribution in [0.25, 0.3) is 0 Å². The largest absolute Gasteiger partial charge is 0.357 e. The molecule has 0 aromatic rings. The Balaban J connectivity index is 0.00000264. The van der Waals surface area contributed by atoms with Gasteiger partial charge in [-0.1, -0.05) is 6.92 Å². The first-order valence-corrected chi connectivity index (χ1v) is 9.72. The molecule has 1 unspecified atom stereocenters. The van der Waals surface area contributed by atoms with Gasteiger partial charge in [0, 0.05) is 50.1 Å². The Morgan fingerprint density at radius 2 is 1.96 bits per heavy atom. The lowest BCUT2D eigenvalue weighted by Gasteiger charge is -2.34. The maximum Gasteiger partial charge on any atom is 0.224 e. The van der Waals surface area contributed by atoms with Gasteiger partial charge in [-0.3, -0.25) is 9.79 Å². The van der Waals surface area contributed by atoms with Gasteiger partial charge in [0.1, 0.15) is 0 Å². The molecule has 0 aromatic carbocycles. The van der Waals surface area contributed by atoms with E-state index >= 15 is 0 Å². The Bertz CT molecular complexity index is 388. The van der Waals surface area contributed by atoms with Gasteiger partial charge in [0.2, 0.25) is 5.91 Å². The Morgan fingerprint density at radius 1 is 1.22 bits per heavy atom. The number of thioether (sulfide) groups is 1. The number of nitrogens with zero attached hydrogens (tertiary/aromatic N) is 3. The van der Waals surface area contributed by atoms with E-state index in [4.69, 9.17) is 4.99 Å². The number of rotatable bonds is 5. The number of carbonyl (C=O) groups excluding carboxylic acids is 1. The van der Waals surface area contributed by atoms with Crippen LogP contribution in [0, 0.1) is 0 Å². The molecule has 5 nitrogen and oxygen atoms in total. The van der Waals surface area contributed by atoms with Crippen LogP contribution in [0.4, 0.5) is 0 Å². The van der Waals surface area contributed by atoms with Crippen molar-refractivity contribution in [2.45, 2.75) is 44.8 Å². The molecule has 2 rings (SSSR count). The van der Waals surface area contributed by atoms with Crippen molar-refractivity contribution < 1.29 is 4.79 Å². The number of aliphatic imine (C=N–C) groups is 1. The number of carbonyl (C=O) groups is 1. The van der Waals surface area contributed by atoms with Crippen molar-refractivity contribution in [2.24, 2.45) is 4.99 Å². The van der Waals surface area contributed by atoms with Crippen molar-refractivity contribution in [3.05, 3.63) is 0 Å². The molecule has 0 spiro atoms. The van der Waals surface area contributed by atoms with Gasteiger partial charge in [-0.25, -0.2) is 0 Å². The van der Waals surface area contributed by atoms with Gasteiger partial charge in [0.15, 0.2) is 5.96 Å². The van der Waals surface area contributed by atoms with E-state index < -0.39 is 0 Å². The standard InChI is InChI=1S/C16H30N4OS.HI/c1-3-14-13-20(11-12-22-14)16(17-4-2)18-8-7-15(21)19-9-5-6-10-19;/h14H,3-13H2,1-2H3,(H,17,18);1H. The molecule has 7 heteroatoms. The van der Waals surface area contributed by atoms with Crippen LogP contribution in [-0.2, 0) is 4.79 Å². The van der Waals surface area contributed by atoms with Crippen molar-refractivity contribution in [1.29, 1.82) is 0 Å². The van der Waals surface area contributed by atoms with Crippen LogP contribution in [0.3, 0.4) is 0 Å². The summed E-state index contributed by atoms with van der Waals surface area (Å²) < 4.78 is 0. The van der Waals surface area contributed by atoms with Gasteiger partial charge >= 0.3 is 0 Å². The Kier molecular flexibility index (Phi) is 10.3. The van der Waals surface area contributed by atoms with Crippen molar-refractivity contribution >= 4 is 47.6 Å². The van der Waals surface area contributed by atoms with E-state index in [1.54, 1.807) is 0 Å². The average molecular weight is 454 g/mol. The fourth-order valence-electron chi connectivity index (χ4n) is 2.97. The lowest BCUT2D eigenvalue weighted by molar-refractivity contribution is -0.129. The molecule has 2 aliphatic rings. The van der Waals surface area contributed by atoms with Gasteiger partial charge in [0.05, 0.1) is 6.54 Å². The van der Waals surface area contributed by atoms with Gasteiger partial charge in [-0.15, -0.1) is 24.0 Å². The van der Waals surface area contributed by atoms with Gasteiger partial charge in [0.25, 0.3) is 0 Å². The summed E-state index contributed by atoms with van der Waals surface area (Å²) in [7, 11) is 0. The minimum atomic E-state index is 0. The highest BCUT2D eigenvalue weighted by Gasteiger charge is 2.22. The molecule has 134 valence electrons. The minimum absolute atomic E-state index is 0. The molecule has 0 bridgehead atoms. The number of nitrogens with one attached hydrogen (secondary N) is 1. The Morgan fingerprint density at radius 3 is 2.61 bits per heavy atom. The predicted octanol–water partition coefficient (Wildman–Crippen LogP) is 2.41. The summed E-state index contributed by atoms with van der Waals surface area (Å²) in [6.45, 7) is 9.80. The average Bonchev–Trinajstić information content (AvgIpc) is 3.08. The number of likely N-dealkylation sites (tertiary alicyclic amines) is 1. The molecule has 23 heavy (non-hydrogen) atoms. The first kappa shape index (κ1) is 20.9. The number of halogens is 1. The Hall–Kier alpha value is -0.180. The second kappa shape index (κ2) is 11.4. The second-order valence-corrected chi connectivity index (χ2v) is 7.33. The molecule has 2 aliphatic heterocycles. The number of hydrogen-bond donors (Lipinski definition) is 1. The topological polar surface area (TPSA) is 47.9 Å². The molecule has 2 heterocycles. The van der Waals surface area contributed by atoms with E-state index in [0.29, 0.717) is 18.2 Å². The van der Waals surface area contributed by atoms with Crippen molar-refractivity contribution in [1.82, 2.24) is 15.1 Å². The molecule has 0 saturated carbocycles. The molecule has 0 aliphatic carbocycles. The van der Waals surface area contributed by atoms with Gasteiger partial charge < -0.3 is 15.1 Å². The SMILES string of the molecule is CCNC(=NCCC(=O)N1CCCC1)N1CCSC(CC)C1.I. The molecule has 0 radical (unpaired) electrons. The molecular weight excluding hydrogens is 423 g/mol. The monoisotopic (exact) mass is 454 g/mol. The smallest absolute Gasteiger partial charge is 0.224 e. The number of guanidine groups is 1. The molecule has 1 amide bonds. The predicted molar refractivity (Wildman–Crippen MR) is 110 cm³/mol. The quantitative estimate of drug-likeness (QED) is 0.394. The highest BCUT2D eigenvalue weighted by molar-refractivity contribution is 14.0. The summed E-state index contributed by atoms with van der Waals surface area (Å²) in [5.41, 5.74) is 0. The molecule has 2 saturated heterocycles. The van der Waals surface area contributed by atoms with E-state index in [9.17, 15) is 4.79 Å². The zero-order chi connectivity index (χ0) is 15.8. The maximum atomic E-state index is 12.1. The highest BCUT2D eigenvalue weighted by atomic mass is 127. The third-order valence-corrected chi connectivity index (χ3v) is 5.65. The number of amides is 1.